The number of hydrogen-bond donors (Lipinski definition) is 2. The first kappa shape index (κ1) is 25.9. The van der Waals surface area contributed by atoms with Crippen LogP contribution in [0, 0.1) is 5.82 Å². The summed E-state index contributed by atoms with van der Waals surface area (Å²) in [4.78, 5) is 26.0. The highest BCUT2D eigenvalue weighted by Gasteiger charge is 2.32. The Labute approximate surface area is 205 Å². The average molecular weight is 498 g/mol. The zero-order valence-corrected chi connectivity index (χ0v) is 20.4. The number of para-hydroxylation sites is 1. The number of nitrogens with zero attached hydrogens (tertiary/aromatic N) is 1. The van der Waals surface area contributed by atoms with E-state index in [1.807, 2.05) is 30.3 Å². The fourth-order valence-corrected chi connectivity index (χ4v) is 4.93. The highest BCUT2D eigenvalue weighted by Crippen LogP contribution is 2.24. The van der Waals surface area contributed by atoms with Crippen LogP contribution in [-0.2, 0) is 21.2 Å². The highest BCUT2D eigenvalue weighted by molar-refractivity contribution is 7.92. The predicted molar refractivity (Wildman–Crippen MR) is 135 cm³/mol. The van der Waals surface area contributed by atoms with Gasteiger partial charge in [-0.2, -0.15) is 0 Å². The van der Waals surface area contributed by atoms with Crippen molar-refractivity contribution in [3.63, 3.8) is 0 Å². The van der Waals surface area contributed by atoms with Crippen LogP contribution in [0.4, 0.5) is 15.8 Å². The molecule has 0 aliphatic rings. The number of hydrogen-bond acceptors (Lipinski definition) is 4. The van der Waals surface area contributed by atoms with Gasteiger partial charge in [-0.1, -0.05) is 49.4 Å². The van der Waals surface area contributed by atoms with Crippen LogP contribution < -0.4 is 14.9 Å². The van der Waals surface area contributed by atoms with Crippen LogP contribution >= 0.6 is 0 Å². The number of nitrogens with one attached hydrogen (secondary N) is 2. The molecule has 2 N–H and O–H groups in total. The van der Waals surface area contributed by atoms with Crippen molar-refractivity contribution >= 4 is 33.2 Å². The summed E-state index contributed by atoms with van der Waals surface area (Å²) in [6, 6.07) is 20.0. The smallest absolute Gasteiger partial charge is 0.253 e. The molecule has 0 radical (unpaired) electrons. The maximum atomic E-state index is 13.4. The molecule has 0 bridgehead atoms. The summed E-state index contributed by atoms with van der Waals surface area (Å²) in [5, 5.41) is 5.55. The lowest BCUT2D eigenvalue weighted by molar-refractivity contribution is -0.117. The van der Waals surface area contributed by atoms with E-state index in [1.165, 1.54) is 12.1 Å². The van der Waals surface area contributed by atoms with Gasteiger partial charge in [0.25, 0.3) is 5.91 Å². The number of carbonyl (C=O) groups excluding carboxylic acids is 2. The van der Waals surface area contributed by atoms with Crippen LogP contribution in [0.5, 0.6) is 0 Å². The van der Waals surface area contributed by atoms with Gasteiger partial charge in [-0.05, 0) is 54.8 Å². The summed E-state index contributed by atoms with van der Waals surface area (Å²) >= 11 is 0. The number of benzene rings is 3. The number of carbonyl (C=O) groups is 2. The number of halogens is 1. The summed E-state index contributed by atoms with van der Waals surface area (Å²) < 4.78 is 39.5. The fraction of sp³-hybridized carbons (Fsp3) is 0.231. The van der Waals surface area contributed by atoms with Gasteiger partial charge in [0.1, 0.15) is 11.9 Å². The molecule has 0 spiro atoms. The van der Waals surface area contributed by atoms with Gasteiger partial charge in [-0.15, -0.1) is 0 Å². The molecule has 0 fully saturated rings. The highest BCUT2D eigenvalue weighted by atomic mass is 32.2. The molecule has 2 amide bonds. The molecule has 0 saturated carbocycles. The minimum absolute atomic E-state index is 0.154. The molecule has 3 aromatic rings. The van der Waals surface area contributed by atoms with Crippen LogP contribution in [0.2, 0.25) is 0 Å². The van der Waals surface area contributed by atoms with Crippen molar-refractivity contribution in [3.05, 3.63) is 95.8 Å². The number of sulfonamides is 1. The van der Waals surface area contributed by atoms with Gasteiger partial charge in [0.15, 0.2) is 0 Å². The molecular formula is C26H28FN3O4S. The van der Waals surface area contributed by atoms with Crippen LogP contribution in [0.25, 0.3) is 0 Å². The summed E-state index contributed by atoms with van der Waals surface area (Å²) in [7, 11) is -3.87. The van der Waals surface area contributed by atoms with E-state index >= 15 is 0 Å². The minimum Gasteiger partial charge on any atom is -0.352 e. The van der Waals surface area contributed by atoms with E-state index < -0.39 is 27.8 Å². The second-order valence-corrected chi connectivity index (χ2v) is 9.85. The normalized spacial score (nSPS) is 12.0. The van der Waals surface area contributed by atoms with Crippen LogP contribution in [0.3, 0.4) is 0 Å². The van der Waals surface area contributed by atoms with Crippen LogP contribution in [0.15, 0.2) is 78.9 Å². The number of amides is 2. The summed E-state index contributed by atoms with van der Waals surface area (Å²) in [6.07, 6.45) is 1.79. The third kappa shape index (κ3) is 6.89. The molecule has 7 nitrogen and oxygen atoms in total. The molecule has 184 valence electrons. The Morgan fingerprint density at radius 1 is 0.943 bits per heavy atom. The molecule has 3 rings (SSSR count). The van der Waals surface area contributed by atoms with Crippen molar-refractivity contribution in [2.24, 2.45) is 0 Å². The maximum Gasteiger partial charge on any atom is 0.253 e. The monoisotopic (exact) mass is 497 g/mol. The SMILES string of the molecule is CCC(C(=O)Nc1ccccc1C(=O)NCCc1ccccc1)N(c1ccc(F)cc1)S(C)(=O)=O. The van der Waals surface area contributed by atoms with Gasteiger partial charge in [-0.25, -0.2) is 12.8 Å². The quantitative estimate of drug-likeness (QED) is 0.443. The molecule has 1 atom stereocenters. The summed E-state index contributed by atoms with van der Waals surface area (Å²) in [5.74, 6) is -1.48. The maximum absolute atomic E-state index is 13.4. The number of rotatable bonds is 10. The van der Waals surface area contributed by atoms with E-state index in [9.17, 15) is 22.4 Å². The third-order valence-corrected chi connectivity index (χ3v) is 6.56. The minimum atomic E-state index is -3.87. The van der Waals surface area contributed by atoms with Gasteiger partial charge < -0.3 is 10.6 Å². The topological polar surface area (TPSA) is 95.6 Å². The first-order valence-electron chi connectivity index (χ1n) is 11.2. The van der Waals surface area contributed by atoms with Crippen molar-refractivity contribution in [1.82, 2.24) is 5.32 Å². The Kier molecular flexibility index (Phi) is 8.59. The van der Waals surface area contributed by atoms with Crippen molar-refractivity contribution < 1.29 is 22.4 Å². The molecule has 0 aliphatic carbocycles. The summed E-state index contributed by atoms with van der Waals surface area (Å²) in [5.41, 5.74) is 1.78. The lowest BCUT2D eigenvalue weighted by atomic mass is 10.1. The van der Waals surface area contributed by atoms with E-state index in [-0.39, 0.29) is 29.3 Å². The Hall–Kier alpha value is -3.72. The molecule has 0 aliphatic heterocycles. The van der Waals surface area contributed by atoms with Crippen molar-refractivity contribution in [3.8, 4) is 0 Å². The Morgan fingerprint density at radius 2 is 1.57 bits per heavy atom. The molecule has 1 unspecified atom stereocenters. The average Bonchev–Trinajstić information content (AvgIpc) is 2.83. The standard InChI is InChI=1S/C26H28FN3O4S/c1-3-24(30(35(2,33)34)21-15-13-20(27)14-16-21)26(32)29-23-12-8-7-11-22(23)25(31)28-18-17-19-9-5-4-6-10-19/h4-16,24H,3,17-18H2,1-2H3,(H,28,31)(H,29,32). The van der Waals surface area contributed by atoms with E-state index in [1.54, 1.807) is 31.2 Å². The Morgan fingerprint density at radius 3 is 2.20 bits per heavy atom. The van der Waals surface area contributed by atoms with Gasteiger partial charge in [0.2, 0.25) is 15.9 Å². The first-order valence-corrected chi connectivity index (χ1v) is 13.0. The fourth-order valence-electron chi connectivity index (χ4n) is 3.71. The van der Waals surface area contributed by atoms with Crippen LogP contribution in [-0.4, -0.2) is 39.1 Å². The largest absolute Gasteiger partial charge is 0.352 e. The Balaban J connectivity index is 1.77. The third-order valence-electron chi connectivity index (χ3n) is 5.38. The van der Waals surface area contributed by atoms with Gasteiger partial charge in [-0.3, -0.25) is 13.9 Å². The van der Waals surface area contributed by atoms with Crippen molar-refractivity contribution in [2.75, 3.05) is 22.4 Å². The predicted octanol–water partition coefficient (Wildman–Crippen LogP) is 3.98. The molecule has 0 heterocycles. The Bertz CT molecular complexity index is 1270. The lowest BCUT2D eigenvalue weighted by Crippen LogP contribution is -2.47. The van der Waals surface area contributed by atoms with E-state index in [0.717, 1.165) is 28.3 Å². The molecule has 35 heavy (non-hydrogen) atoms. The second kappa shape index (κ2) is 11.6. The lowest BCUT2D eigenvalue weighted by Gasteiger charge is -2.30. The van der Waals surface area contributed by atoms with Gasteiger partial charge >= 0.3 is 0 Å². The van der Waals surface area contributed by atoms with Crippen molar-refractivity contribution in [1.29, 1.82) is 0 Å². The zero-order chi connectivity index (χ0) is 25.4. The van der Waals surface area contributed by atoms with Gasteiger partial charge in [0, 0.05) is 6.54 Å². The zero-order valence-electron chi connectivity index (χ0n) is 19.6. The summed E-state index contributed by atoms with van der Waals surface area (Å²) in [6.45, 7) is 2.09. The van der Waals surface area contributed by atoms with E-state index in [2.05, 4.69) is 10.6 Å². The number of anilines is 2. The molecule has 3 aromatic carbocycles. The molecular weight excluding hydrogens is 469 g/mol. The van der Waals surface area contributed by atoms with E-state index in [4.69, 9.17) is 0 Å². The second-order valence-electron chi connectivity index (χ2n) is 7.99. The molecule has 0 aromatic heterocycles. The van der Waals surface area contributed by atoms with Crippen LogP contribution in [0.1, 0.15) is 29.3 Å². The van der Waals surface area contributed by atoms with E-state index in [0.29, 0.717) is 13.0 Å². The van der Waals surface area contributed by atoms with Crippen molar-refractivity contribution in [2.45, 2.75) is 25.8 Å². The first-order chi connectivity index (χ1) is 16.7. The molecule has 9 heteroatoms. The van der Waals surface area contributed by atoms with Gasteiger partial charge in [0.05, 0.1) is 23.2 Å². The molecule has 0 saturated heterocycles.